The van der Waals surface area contributed by atoms with Gasteiger partial charge in [-0.1, -0.05) is 13.8 Å². The number of fused-ring (bicyclic) bond motifs is 1. The molecule has 0 saturated carbocycles. The van der Waals surface area contributed by atoms with Crippen molar-refractivity contribution >= 4 is 35.8 Å². The number of amides is 1. The number of carbonyl (C=O) groups excluding carboxylic acids is 1. The Morgan fingerprint density at radius 2 is 2.27 bits per heavy atom. The molecule has 8 heteroatoms. The Kier molecular flexibility index (Phi) is 7.11. The topological polar surface area (TPSA) is 111 Å². The van der Waals surface area contributed by atoms with Crippen molar-refractivity contribution in [1.82, 2.24) is 15.1 Å². The molecule has 124 valence electrons. The predicted octanol–water partition coefficient (Wildman–Crippen LogP) is 0.723. The van der Waals surface area contributed by atoms with Crippen LogP contribution in [-0.2, 0) is 13.0 Å². The summed E-state index contributed by atoms with van der Waals surface area (Å²) in [6, 6.07) is 0. The van der Waals surface area contributed by atoms with Crippen LogP contribution in [0.3, 0.4) is 0 Å². The van der Waals surface area contributed by atoms with E-state index >= 15 is 0 Å². The van der Waals surface area contributed by atoms with Crippen LogP contribution < -0.4 is 16.8 Å². The van der Waals surface area contributed by atoms with Crippen LogP contribution in [-0.4, -0.2) is 34.7 Å². The maximum absolute atomic E-state index is 11.4. The Hall–Kier alpha value is -1.32. The number of nitrogens with zero attached hydrogens (tertiary/aromatic N) is 3. The van der Waals surface area contributed by atoms with Crippen LogP contribution in [0.25, 0.3) is 0 Å². The lowest BCUT2D eigenvalue weighted by molar-refractivity contribution is 0.0998. The minimum atomic E-state index is -0.414. The number of aliphatic imine (C=N–C) groups is 1. The standard InChI is InChI=1S/C14H24N6O.HI/c1-9(2)6-17-14(16)18-7-10-3-4-20-12(5-10)11(8-19-20)13(15)21;/h8-10H,3-7H2,1-2H3,(H2,15,21)(H3,16,17,18);1H. The van der Waals surface area contributed by atoms with Crippen molar-refractivity contribution in [2.75, 3.05) is 13.1 Å². The van der Waals surface area contributed by atoms with Gasteiger partial charge in [0.05, 0.1) is 17.5 Å². The number of guanidine groups is 1. The van der Waals surface area contributed by atoms with Gasteiger partial charge < -0.3 is 16.8 Å². The number of carbonyl (C=O) groups is 1. The van der Waals surface area contributed by atoms with Crippen molar-refractivity contribution in [2.24, 2.45) is 28.3 Å². The van der Waals surface area contributed by atoms with Gasteiger partial charge in [-0.25, -0.2) is 0 Å². The van der Waals surface area contributed by atoms with Crippen molar-refractivity contribution in [3.8, 4) is 0 Å². The van der Waals surface area contributed by atoms with Crippen LogP contribution in [0, 0.1) is 11.8 Å². The molecule has 22 heavy (non-hydrogen) atoms. The zero-order chi connectivity index (χ0) is 15.4. The van der Waals surface area contributed by atoms with Gasteiger partial charge >= 0.3 is 0 Å². The molecule has 1 aromatic rings. The maximum Gasteiger partial charge on any atom is 0.252 e. The molecule has 0 saturated heterocycles. The molecular formula is C14H25IN6O. The molecule has 5 N–H and O–H groups in total. The fourth-order valence-electron chi connectivity index (χ4n) is 2.46. The minimum Gasteiger partial charge on any atom is -0.370 e. The second kappa shape index (κ2) is 8.35. The third-order valence-corrected chi connectivity index (χ3v) is 3.64. The first kappa shape index (κ1) is 18.7. The van der Waals surface area contributed by atoms with Gasteiger partial charge in [-0.2, -0.15) is 5.10 Å². The first-order chi connectivity index (χ1) is 9.97. The molecule has 2 rings (SSSR count). The average molecular weight is 420 g/mol. The first-order valence-electron chi connectivity index (χ1n) is 7.35. The molecule has 0 fully saturated rings. The van der Waals surface area contributed by atoms with Crippen molar-refractivity contribution in [3.63, 3.8) is 0 Å². The van der Waals surface area contributed by atoms with E-state index < -0.39 is 5.91 Å². The van der Waals surface area contributed by atoms with Crippen LogP contribution in [0.4, 0.5) is 0 Å². The molecule has 0 aliphatic carbocycles. The normalized spacial score (nSPS) is 17.8. The Bertz CT molecular complexity index is 539. The second-order valence-corrected chi connectivity index (χ2v) is 5.95. The third-order valence-electron chi connectivity index (χ3n) is 3.64. The number of aromatic nitrogens is 2. The number of rotatable bonds is 5. The van der Waals surface area contributed by atoms with Crippen molar-refractivity contribution < 1.29 is 4.79 Å². The van der Waals surface area contributed by atoms with E-state index in [1.165, 1.54) is 0 Å². The number of nitrogens with one attached hydrogen (secondary N) is 1. The van der Waals surface area contributed by atoms with E-state index in [2.05, 4.69) is 29.3 Å². The van der Waals surface area contributed by atoms with Gasteiger partial charge in [0.1, 0.15) is 0 Å². The monoisotopic (exact) mass is 420 g/mol. The van der Waals surface area contributed by atoms with Gasteiger partial charge in [0.25, 0.3) is 5.91 Å². The summed E-state index contributed by atoms with van der Waals surface area (Å²) in [7, 11) is 0. The summed E-state index contributed by atoms with van der Waals surface area (Å²) in [6.07, 6.45) is 3.34. The van der Waals surface area contributed by atoms with Crippen molar-refractivity contribution in [1.29, 1.82) is 0 Å². The molecule has 1 unspecified atom stereocenters. The Labute approximate surface area is 147 Å². The Balaban J connectivity index is 0.00000242. The van der Waals surface area contributed by atoms with Crippen molar-refractivity contribution in [2.45, 2.75) is 33.2 Å². The highest BCUT2D eigenvalue weighted by atomic mass is 127. The number of hydrogen-bond acceptors (Lipinski definition) is 3. The van der Waals surface area contributed by atoms with E-state index in [0.29, 0.717) is 23.4 Å². The van der Waals surface area contributed by atoms with Gasteiger partial charge in [-0.3, -0.25) is 14.5 Å². The molecule has 0 spiro atoms. The predicted molar refractivity (Wildman–Crippen MR) is 97.3 cm³/mol. The summed E-state index contributed by atoms with van der Waals surface area (Å²) in [5.41, 5.74) is 12.7. The fraction of sp³-hybridized carbons (Fsp3) is 0.643. The SMILES string of the molecule is CC(C)CN=C(N)NCC1CCn2ncc(C(N)=O)c2C1.I. The third kappa shape index (κ3) is 4.85. The summed E-state index contributed by atoms with van der Waals surface area (Å²) in [5.74, 6) is 0.966. The van der Waals surface area contributed by atoms with Crippen molar-refractivity contribution in [3.05, 3.63) is 17.5 Å². The summed E-state index contributed by atoms with van der Waals surface area (Å²) in [4.78, 5) is 15.6. The Morgan fingerprint density at radius 1 is 1.55 bits per heavy atom. The highest BCUT2D eigenvalue weighted by Gasteiger charge is 2.24. The number of aryl methyl sites for hydroxylation is 1. The average Bonchev–Trinajstić information content (AvgIpc) is 2.86. The molecule has 0 bridgehead atoms. The molecule has 0 radical (unpaired) electrons. The summed E-state index contributed by atoms with van der Waals surface area (Å²) in [5, 5.41) is 7.36. The highest BCUT2D eigenvalue weighted by Crippen LogP contribution is 2.22. The first-order valence-corrected chi connectivity index (χ1v) is 7.35. The zero-order valence-electron chi connectivity index (χ0n) is 13.1. The lowest BCUT2D eigenvalue weighted by Crippen LogP contribution is -2.38. The molecule has 2 heterocycles. The molecule has 7 nitrogen and oxygen atoms in total. The van der Waals surface area contributed by atoms with Crippen LogP contribution in [0.5, 0.6) is 0 Å². The van der Waals surface area contributed by atoms with Crippen LogP contribution in [0.2, 0.25) is 0 Å². The Morgan fingerprint density at radius 3 is 2.91 bits per heavy atom. The maximum atomic E-state index is 11.4. The van der Waals surface area contributed by atoms with Crippen LogP contribution in [0.15, 0.2) is 11.2 Å². The number of nitrogens with two attached hydrogens (primary N) is 2. The van der Waals surface area contributed by atoms with Gasteiger partial charge in [0.2, 0.25) is 0 Å². The zero-order valence-corrected chi connectivity index (χ0v) is 15.4. The molecule has 1 aliphatic rings. The molecule has 0 aromatic carbocycles. The summed E-state index contributed by atoms with van der Waals surface area (Å²) < 4.78 is 1.87. The van der Waals surface area contributed by atoms with E-state index in [1.807, 2.05) is 4.68 Å². The largest absolute Gasteiger partial charge is 0.370 e. The lowest BCUT2D eigenvalue weighted by Gasteiger charge is -2.24. The smallest absolute Gasteiger partial charge is 0.252 e. The number of hydrogen-bond donors (Lipinski definition) is 3. The van der Waals surface area contributed by atoms with E-state index in [1.54, 1.807) is 6.20 Å². The molecular weight excluding hydrogens is 395 g/mol. The number of primary amides is 1. The quantitative estimate of drug-likeness (QED) is 0.370. The van der Waals surface area contributed by atoms with Gasteiger partial charge in [-0.05, 0) is 24.7 Å². The summed E-state index contributed by atoms with van der Waals surface area (Å²) in [6.45, 7) is 6.48. The fourth-order valence-corrected chi connectivity index (χ4v) is 2.46. The van der Waals surface area contributed by atoms with Crippen LogP contribution >= 0.6 is 24.0 Å². The second-order valence-electron chi connectivity index (χ2n) is 5.95. The van der Waals surface area contributed by atoms with E-state index in [0.717, 1.165) is 38.2 Å². The summed E-state index contributed by atoms with van der Waals surface area (Å²) >= 11 is 0. The minimum absolute atomic E-state index is 0. The number of halogens is 1. The lowest BCUT2D eigenvalue weighted by atomic mass is 9.94. The van der Waals surface area contributed by atoms with Gasteiger partial charge in [-0.15, -0.1) is 24.0 Å². The van der Waals surface area contributed by atoms with E-state index in [-0.39, 0.29) is 24.0 Å². The van der Waals surface area contributed by atoms with Gasteiger partial charge in [0, 0.05) is 19.6 Å². The highest BCUT2D eigenvalue weighted by molar-refractivity contribution is 14.0. The van der Waals surface area contributed by atoms with E-state index in [9.17, 15) is 4.79 Å². The molecule has 1 amide bonds. The molecule has 1 aliphatic heterocycles. The van der Waals surface area contributed by atoms with Gasteiger partial charge in [0.15, 0.2) is 5.96 Å². The molecule has 1 aromatic heterocycles. The molecule has 1 atom stereocenters. The van der Waals surface area contributed by atoms with Crippen LogP contribution in [0.1, 0.15) is 36.3 Å². The van der Waals surface area contributed by atoms with E-state index in [4.69, 9.17) is 11.5 Å².